The first-order valence-corrected chi connectivity index (χ1v) is 8.44. The van der Waals surface area contributed by atoms with Gasteiger partial charge < -0.3 is 9.67 Å². The molecule has 4 rings (SSSR count). The van der Waals surface area contributed by atoms with Gasteiger partial charge in [-0.15, -0.1) is 11.3 Å². The number of allylic oxidation sites excluding steroid dienone is 1. The number of aryl methyl sites for hydroxylation is 2. The Kier molecular flexibility index (Phi) is 3.13. The smallest absolute Gasteiger partial charge is 0.282 e. The van der Waals surface area contributed by atoms with Crippen molar-refractivity contribution in [2.75, 3.05) is 0 Å². The van der Waals surface area contributed by atoms with E-state index < -0.39 is 0 Å². The fraction of sp³-hybridized carbons (Fsp3) is 0.222. The number of fused-ring (bicyclic) bond motifs is 3. The summed E-state index contributed by atoms with van der Waals surface area (Å²) in [5, 5.41) is 11.2. The molecule has 0 fully saturated rings. The van der Waals surface area contributed by atoms with Crippen molar-refractivity contribution in [2.24, 2.45) is 0 Å². The van der Waals surface area contributed by atoms with Crippen LogP contribution in [0.4, 0.5) is 0 Å². The summed E-state index contributed by atoms with van der Waals surface area (Å²) in [5.74, 6) is 0.829. The number of nitrogens with zero attached hydrogens (tertiary/aromatic N) is 2. The molecule has 4 nitrogen and oxygen atoms in total. The molecule has 116 valence electrons. The average Bonchev–Trinajstić information content (AvgIpc) is 3.05. The van der Waals surface area contributed by atoms with Crippen LogP contribution in [-0.2, 0) is 13.0 Å². The van der Waals surface area contributed by atoms with Crippen molar-refractivity contribution in [3.05, 3.63) is 68.3 Å². The van der Waals surface area contributed by atoms with E-state index in [0.29, 0.717) is 23.3 Å². The Balaban J connectivity index is 2.04. The third-order valence-corrected chi connectivity index (χ3v) is 5.52. The molecule has 0 unspecified atom stereocenters. The minimum absolute atomic E-state index is 0.199. The largest absolute Gasteiger partial charge is 0.510 e. The number of aliphatic hydroxyl groups is 1. The van der Waals surface area contributed by atoms with Gasteiger partial charge in [0.25, 0.3) is 5.56 Å². The second-order valence-electron chi connectivity index (χ2n) is 5.68. The highest BCUT2D eigenvalue weighted by atomic mass is 32.1. The van der Waals surface area contributed by atoms with Gasteiger partial charge in [0.15, 0.2) is 0 Å². The summed E-state index contributed by atoms with van der Waals surface area (Å²) in [5.41, 5.74) is 2.42. The molecule has 1 N–H and O–H groups in total. The Morgan fingerprint density at radius 1 is 1.30 bits per heavy atom. The van der Waals surface area contributed by atoms with Gasteiger partial charge in [0.2, 0.25) is 0 Å². The number of hydrogen-bond donors (Lipinski definition) is 1. The van der Waals surface area contributed by atoms with E-state index in [0.717, 1.165) is 27.3 Å². The SMILES string of the molecule is CCc1c(C)sc2c1c(=O)nc1n2CC(O)=C1c1ccccc1. The van der Waals surface area contributed by atoms with Gasteiger partial charge in [-0.25, -0.2) is 0 Å². The van der Waals surface area contributed by atoms with Gasteiger partial charge in [-0.05, 0) is 24.5 Å². The first-order valence-electron chi connectivity index (χ1n) is 7.62. The van der Waals surface area contributed by atoms with E-state index >= 15 is 0 Å². The zero-order chi connectivity index (χ0) is 16.1. The van der Waals surface area contributed by atoms with E-state index in [1.807, 2.05) is 41.8 Å². The molecule has 0 saturated carbocycles. The van der Waals surface area contributed by atoms with Crippen LogP contribution in [0, 0.1) is 6.92 Å². The van der Waals surface area contributed by atoms with Crippen molar-refractivity contribution in [1.82, 2.24) is 9.55 Å². The topological polar surface area (TPSA) is 55.1 Å². The molecule has 0 aliphatic carbocycles. The Morgan fingerprint density at radius 3 is 2.74 bits per heavy atom. The monoisotopic (exact) mass is 324 g/mol. The molecule has 0 saturated heterocycles. The zero-order valence-electron chi connectivity index (χ0n) is 13.0. The van der Waals surface area contributed by atoms with E-state index in [4.69, 9.17) is 0 Å². The van der Waals surface area contributed by atoms with Gasteiger partial charge in [0, 0.05) is 4.88 Å². The molecule has 23 heavy (non-hydrogen) atoms. The fourth-order valence-corrected chi connectivity index (χ4v) is 4.54. The molecule has 5 heteroatoms. The van der Waals surface area contributed by atoms with Crippen LogP contribution in [0.15, 0.2) is 40.9 Å². The molecule has 3 aromatic rings. The van der Waals surface area contributed by atoms with Crippen LogP contribution in [0.3, 0.4) is 0 Å². The summed E-state index contributed by atoms with van der Waals surface area (Å²) in [6, 6.07) is 9.61. The summed E-state index contributed by atoms with van der Waals surface area (Å²) < 4.78 is 1.96. The molecule has 1 aliphatic heterocycles. The first-order chi connectivity index (χ1) is 11.1. The van der Waals surface area contributed by atoms with Crippen molar-refractivity contribution in [1.29, 1.82) is 0 Å². The summed E-state index contributed by atoms with van der Waals surface area (Å²) in [4.78, 5) is 19.0. The average molecular weight is 324 g/mol. The molecule has 3 heterocycles. The van der Waals surface area contributed by atoms with Crippen LogP contribution in [0.25, 0.3) is 15.8 Å². The van der Waals surface area contributed by atoms with E-state index in [2.05, 4.69) is 11.9 Å². The lowest BCUT2D eigenvalue weighted by atomic mass is 10.1. The number of benzene rings is 1. The lowest BCUT2D eigenvalue weighted by Gasteiger charge is -2.07. The predicted octanol–water partition coefficient (Wildman–Crippen LogP) is 3.66. The zero-order valence-corrected chi connectivity index (χ0v) is 13.8. The van der Waals surface area contributed by atoms with E-state index in [1.165, 1.54) is 0 Å². The minimum Gasteiger partial charge on any atom is -0.510 e. The molecular formula is C18H16N2O2S. The second-order valence-corrected chi connectivity index (χ2v) is 6.89. The van der Waals surface area contributed by atoms with Crippen LogP contribution < -0.4 is 5.56 Å². The highest BCUT2D eigenvalue weighted by Crippen LogP contribution is 2.36. The summed E-state index contributed by atoms with van der Waals surface area (Å²) in [7, 11) is 0. The van der Waals surface area contributed by atoms with E-state index in [-0.39, 0.29) is 11.3 Å². The Bertz CT molecular complexity index is 1010. The highest BCUT2D eigenvalue weighted by Gasteiger charge is 2.28. The molecule has 0 bridgehead atoms. The molecule has 0 spiro atoms. The predicted molar refractivity (Wildman–Crippen MR) is 93.1 cm³/mol. The summed E-state index contributed by atoms with van der Waals surface area (Å²) in [6.45, 7) is 4.46. The number of aliphatic hydroxyl groups excluding tert-OH is 1. The lowest BCUT2D eigenvalue weighted by molar-refractivity contribution is 0.389. The van der Waals surface area contributed by atoms with Gasteiger partial charge >= 0.3 is 0 Å². The standard InChI is InChI=1S/C18H16N2O2S/c1-3-12-10(2)23-18-15(12)17(22)19-16-14(13(21)9-20(16)18)11-7-5-4-6-8-11/h4-8,21H,3,9H2,1-2H3. The van der Waals surface area contributed by atoms with Crippen molar-refractivity contribution in [3.63, 3.8) is 0 Å². The van der Waals surface area contributed by atoms with Gasteiger partial charge in [0.1, 0.15) is 16.4 Å². The van der Waals surface area contributed by atoms with E-state index in [9.17, 15) is 9.90 Å². The molecule has 0 radical (unpaired) electrons. The fourth-order valence-electron chi connectivity index (χ4n) is 3.30. The van der Waals surface area contributed by atoms with Crippen molar-refractivity contribution < 1.29 is 5.11 Å². The molecule has 0 amide bonds. The minimum atomic E-state index is -0.199. The number of aromatic nitrogens is 2. The van der Waals surface area contributed by atoms with Crippen LogP contribution in [0.2, 0.25) is 0 Å². The summed E-state index contributed by atoms with van der Waals surface area (Å²) >= 11 is 1.61. The normalized spacial score (nSPS) is 13.8. The summed E-state index contributed by atoms with van der Waals surface area (Å²) in [6.07, 6.45) is 0.813. The van der Waals surface area contributed by atoms with Gasteiger partial charge in [0.05, 0.1) is 17.5 Å². The van der Waals surface area contributed by atoms with Crippen LogP contribution in [0.5, 0.6) is 0 Å². The van der Waals surface area contributed by atoms with Crippen molar-refractivity contribution in [3.8, 4) is 0 Å². The van der Waals surface area contributed by atoms with Crippen molar-refractivity contribution >= 4 is 27.1 Å². The van der Waals surface area contributed by atoms with Gasteiger partial charge in [-0.3, -0.25) is 4.79 Å². The van der Waals surface area contributed by atoms with Crippen molar-refractivity contribution in [2.45, 2.75) is 26.8 Å². The van der Waals surface area contributed by atoms with Crippen LogP contribution in [-0.4, -0.2) is 14.7 Å². The number of rotatable bonds is 2. The lowest BCUT2D eigenvalue weighted by Crippen LogP contribution is -2.15. The van der Waals surface area contributed by atoms with E-state index in [1.54, 1.807) is 11.3 Å². The number of hydrogen-bond acceptors (Lipinski definition) is 4. The maximum atomic E-state index is 12.6. The van der Waals surface area contributed by atoms with Gasteiger partial charge in [-0.1, -0.05) is 37.3 Å². The third kappa shape index (κ3) is 1.96. The molecule has 0 atom stereocenters. The second kappa shape index (κ2) is 5.06. The maximum Gasteiger partial charge on any atom is 0.282 e. The Hall–Kier alpha value is -2.40. The molecule has 1 aliphatic rings. The highest BCUT2D eigenvalue weighted by molar-refractivity contribution is 7.18. The maximum absolute atomic E-state index is 12.6. The third-order valence-electron chi connectivity index (χ3n) is 4.35. The molecule has 2 aromatic heterocycles. The van der Waals surface area contributed by atoms with Gasteiger partial charge in [-0.2, -0.15) is 4.98 Å². The van der Waals surface area contributed by atoms with Crippen LogP contribution in [0.1, 0.15) is 28.8 Å². The van der Waals surface area contributed by atoms with Crippen LogP contribution >= 0.6 is 11.3 Å². The Labute approximate surface area is 137 Å². The first kappa shape index (κ1) is 14.2. The molecular weight excluding hydrogens is 308 g/mol. The Morgan fingerprint density at radius 2 is 2.04 bits per heavy atom. The molecule has 1 aromatic carbocycles. The quantitative estimate of drug-likeness (QED) is 0.782. The number of thiophene rings is 1.